The number of rotatable bonds is 5. The standard InChI is InChI=1S/C27H29FO3/c1-2-21-19(5-8-25(30)31)3-6-23(28)26(21)20-4-7-24(29)22(12-20)27-13-16-9-17(14-27)11-18(10-16)15-27/h3-8,12,16-18,29H,2,9-11,13-15H2,1H3,(H,30,31). The van der Waals surface area contributed by atoms with Gasteiger partial charge >= 0.3 is 5.97 Å². The number of carboxylic acids is 1. The summed E-state index contributed by atoms with van der Waals surface area (Å²) in [6, 6.07) is 8.58. The maximum absolute atomic E-state index is 15.1. The van der Waals surface area contributed by atoms with Gasteiger partial charge in [-0.25, -0.2) is 9.18 Å². The van der Waals surface area contributed by atoms with Gasteiger partial charge in [0.1, 0.15) is 11.6 Å². The molecule has 0 amide bonds. The number of carboxylic acid groups (broad SMARTS) is 1. The van der Waals surface area contributed by atoms with Crippen LogP contribution in [0.2, 0.25) is 0 Å². The summed E-state index contributed by atoms with van der Waals surface area (Å²) in [5.74, 6) is 1.24. The molecule has 4 fully saturated rings. The third-order valence-corrected chi connectivity index (χ3v) is 7.95. The van der Waals surface area contributed by atoms with Gasteiger partial charge in [-0.05, 0) is 109 Å². The van der Waals surface area contributed by atoms with Crippen LogP contribution in [-0.4, -0.2) is 16.2 Å². The Kier molecular flexibility index (Phi) is 4.91. The topological polar surface area (TPSA) is 57.5 Å². The summed E-state index contributed by atoms with van der Waals surface area (Å²) < 4.78 is 15.1. The Morgan fingerprint density at radius 3 is 2.32 bits per heavy atom. The second kappa shape index (κ2) is 7.51. The van der Waals surface area contributed by atoms with E-state index in [2.05, 4.69) is 0 Å². The summed E-state index contributed by atoms with van der Waals surface area (Å²) in [5, 5.41) is 19.9. The minimum atomic E-state index is -1.03. The molecule has 2 aromatic carbocycles. The van der Waals surface area contributed by atoms with Gasteiger partial charge in [0, 0.05) is 17.2 Å². The second-order valence-corrected chi connectivity index (χ2v) is 9.95. The lowest BCUT2D eigenvalue weighted by molar-refractivity contribution is -0.131. The van der Waals surface area contributed by atoms with Gasteiger partial charge < -0.3 is 10.2 Å². The molecule has 0 spiro atoms. The Labute approximate surface area is 182 Å². The molecular formula is C27H29FO3. The highest BCUT2D eigenvalue weighted by molar-refractivity contribution is 5.86. The molecule has 0 heterocycles. The molecule has 4 saturated carbocycles. The maximum atomic E-state index is 15.1. The quantitative estimate of drug-likeness (QED) is 0.556. The molecule has 4 aliphatic rings. The molecule has 0 saturated heterocycles. The van der Waals surface area contributed by atoms with E-state index in [1.807, 2.05) is 13.0 Å². The van der Waals surface area contributed by atoms with E-state index in [1.165, 1.54) is 31.4 Å². The smallest absolute Gasteiger partial charge is 0.328 e. The normalized spacial score (nSPS) is 29.0. The maximum Gasteiger partial charge on any atom is 0.328 e. The summed E-state index contributed by atoms with van der Waals surface area (Å²) >= 11 is 0. The van der Waals surface area contributed by atoms with Gasteiger partial charge in [-0.3, -0.25) is 0 Å². The lowest BCUT2D eigenvalue weighted by atomic mass is 9.48. The first kappa shape index (κ1) is 20.3. The van der Waals surface area contributed by atoms with Crippen molar-refractivity contribution < 1.29 is 19.4 Å². The third-order valence-electron chi connectivity index (χ3n) is 7.95. The fraction of sp³-hybridized carbons (Fsp3) is 0.444. The first-order valence-corrected chi connectivity index (χ1v) is 11.4. The lowest BCUT2D eigenvalue weighted by Gasteiger charge is -2.57. The molecular weight excluding hydrogens is 391 g/mol. The molecule has 4 heteroatoms. The summed E-state index contributed by atoms with van der Waals surface area (Å²) in [6.07, 6.45) is 10.6. The van der Waals surface area contributed by atoms with Crippen LogP contribution in [0.1, 0.15) is 62.1 Å². The molecule has 4 bridgehead atoms. The van der Waals surface area contributed by atoms with Crippen molar-refractivity contribution in [2.45, 2.75) is 57.3 Å². The number of phenolic OH excluding ortho intramolecular Hbond substituents is 1. The highest BCUT2D eigenvalue weighted by atomic mass is 19.1. The molecule has 0 aromatic heterocycles. The number of aliphatic carboxylic acids is 1. The van der Waals surface area contributed by atoms with Crippen LogP contribution < -0.4 is 0 Å². The zero-order valence-electron chi connectivity index (χ0n) is 17.9. The van der Waals surface area contributed by atoms with Gasteiger partial charge in [-0.1, -0.05) is 19.1 Å². The van der Waals surface area contributed by atoms with E-state index >= 15 is 4.39 Å². The van der Waals surface area contributed by atoms with Crippen LogP contribution in [0.5, 0.6) is 5.75 Å². The van der Waals surface area contributed by atoms with E-state index in [0.717, 1.165) is 59.8 Å². The number of hydrogen-bond donors (Lipinski definition) is 2. The van der Waals surface area contributed by atoms with Crippen molar-refractivity contribution in [3.05, 3.63) is 58.9 Å². The molecule has 6 rings (SSSR count). The van der Waals surface area contributed by atoms with E-state index in [9.17, 15) is 9.90 Å². The highest BCUT2D eigenvalue weighted by Crippen LogP contribution is 2.62. The number of aromatic hydroxyl groups is 1. The van der Waals surface area contributed by atoms with Gasteiger partial charge in [0.25, 0.3) is 0 Å². The van der Waals surface area contributed by atoms with Crippen molar-refractivity contribution in [2.75, 3.05) is 0 Å². The van der Waals surface area contributed by atoms with E-state index < -0.39 is 5.97 Å². The molecule has 2 N–H and O–H groups in total. The molecule has 0 unspecified atom stereocenters. The molecule has 0 radical (unpaired) electrons. The molecule has 2 aromatic rings. The molecule has 31 heavy (non-hydrogen) atoms. The van der Waals surface area contributed by atoms with Crippen LogP contribution in [0.25, 0.3) is 17.2 Å². The average Bonchev–Trinajstić information content (AvgIpc) is 2.72. The Balaban J connectivity index is 1.62. The van der Waals surface area contributed by atoms with Crippen LogP contribution in [0.15, 0.2) is 36.4 Å². The van der Waals surface area contributed by atoms with Gasteiger partial charge in [0.2, 0.25) is 0 Å². The van der Waals surface area contributed by atoms with Gasteiger partial charge in [-0.2, -0.15) is 0 Å². The Hall–Kier alpha value is -2.62. The van der Waals surface area contributed by atoms with E-state index in [0.29, 0.717) is 23.3 Å². The van der Waals surface area contributed by atoms with Crippen molar-refractivity contribution in [1.82, 2.24) is 0 Å². The van der Waals surface area contributed by atoms with Gasteiger partial charge in [0.05, 0.1) is 0 Å². The van der Waals surface area contributed by atoms with Crippen LogP contribution in [0.4, 0.5) is 4.39 Å². The van der Waals surface area contributed by atoms with E-state index in [1.54, 1.807) is 18.2 Å². The Bertz CT molecular complexity index is 1030. The first-order valence-electron chi connectivity index (χ1n) is 11.4. The molecule has 4 aliphatic carbocycles. The van der Waals surface area contributed by atoms with Crippen molar-refractivity contribution >= 4 is 12.0 Å². The summed E-state index contributed by atoms with van der Waals surface area (Å²) in [5.41, 5.74) is 3.78. The lowest BCUT2D eigenvalue weighted by Crippen LogP contribution is -2.48. The summed E-state index contributed by atoms with van der Waals surface area (Å²) in [7, 11) is 0. The van der Waals surface area contributed by atoms with Crippen molar-refractivity contribution in [3.8, 4) is 16.9 Å². The van der Waals surface area contributed by atoms with Crippen LogP contribution in [-0.2, 0) is 16.6 Å². The second-order valence-electron chi connectivity index (χ2n) is 9.95. The summed E-state index contributed by atoms with van der Waals surface area (Å²) in [4.78, 5) is 11.0. The number of halogens is 1. The SMILES string of the molecule is CCc1c(C=CC(=O)O)ccc(F)c1-c1ccc(O)c(C23CC4CC(CC(C4)C2)C3)c1. The number of carbonyl (C=O) groups is 1. The van der Waals surface area contributed by atoms with Gasteiger partial charge in [-0.15, -0.1) is 0 Å². The van der Waals surface area contributed by atoms with Crippen molar-refractivity contribution in [3.63, 3.8) is 0 Å². The fourth-order valence-corrected chi connectivity index (χ4v) is 7.20. The Morgan fingerprint density at radius 1 is 1.10 bits per heavy atom. The Morgan fingerprint density at radius 2 is 1.74 bits per heavy atom. The number of phenols is 1. The largest absolute Gasteiger partial charge is 0.508 e. The molecule has 0 aliphatic heterocycles. The minimum absolute atomic E-state index is 0.0124. The predicted molar refractivity (Wildman–Crippen MR) is 119 cm³/mol. The number of benzene rings is 2. The third kappa shape index (κ3) is 3.46. The molecule has 0 atom stereocenters. The van der Waals surface area contributed by atoms with Crippen molar-refractivity contribution in [2.24, 2.45) is 17.8 Å². The summed E-state index contributed by atoms with van der Waals surface area (Å²) in [6.45, 7) is 1.96. The van der Waals surface area contributed by atoms with Crippen LogP contribution in [0.3, 0.4) is 0 Å². The van der Waals surface area contributed by atoms with Crippen molar-refractivity contribution in [1.29, 1.82) is 0 Å². The van der Waals surface area contributed by atoms with E-state index in [-0.39, 0.29) is 11.2 Å². The first-order chi connectivity index (χ1) is 14.9. The zero-order valence-corrected chi connectivity index (χ0v) is 17.9. The minimum Gasteiger partial charge on any atom is -0.508 e. The highest BCUT2D eigenvalue weighted by Gasteiger charge is 2.52. The predicted octanol–water partition coefficient (Wildman–Crippen LogP) is 6.33. The van der Waals surface area contributed by atoms with Crippen LogP contribution in [0, 0.1) is 23.6 Å². The monoisotopic (exact) mass is 420 g/mol. The molecule has 3 nitrogen and oxygen atoms in total. The fourth-order valence-electron chi connectivity index (χ4n) is 7.20. The van der Waals surface area contributed by atoms with Gasteiger partial charge in [0.15, 0.2) is 0 Å². The zero-order chi connectivity index (χ0) is 21.8. The van der Waals surface area contributed by atoms with E-state index in [4.69, 9.17) is 5.11 Å². The number of hydrogen-bond acceptors (Lipinski definition) is 2. The average molecular weight is 421 g/mol. The van der Waals surface area contributed by atoms with Crippen LogP contribution >= 0.6 is 0 Å². The molecule has 162 valence electrons.